The highest BCUT2D eigenvalue weighted by molar-refractivity contribution is 5.63. The Labute approximate surface area is 117 Å². The number of hydrogen-bond donors (Lipinski definition) is 0. The molecule has 108 valence electrons. The first-order valence-electron chi connectivity index (χ1n) is 7.05. The number of piperazine rings is 1. The van der Waals surface area contributed by atoms with Gasteiger partial charge in [0.2, 0.25) is 0 Å². The third-order valence-electron chi connectivity index (χ3n) is 4.06. The Balaban J connectivity index is 1.70. The number of nitro benzene ring substituents is 1. The summed E-state index contributed by atoms with van der Waals surface area (Å²) in [7, 11) is 0. The lowest BCUT2D eigenvalue weighted by atomic mass is 10.2. The number of rotatable bonds is 4. The van der Waals surface area contributed by atoms with Gasteiger partial charge in [-0.05, 0) is 24.8 Å². The Morgan fingerprint density at radius 1 is 1.25 bits per heavy atom. The van der Waals surface area contributed by atoms with Crippen LogP contribution in [0.25, 0.3) is 0 Å². The number of halogens is 1. The fourth-order valence-corrected chi connectivity index (χ4v) is 2.74. The Kier molecular flexibility index (Phi) is 3.56. The monoisotopic (exact) mass is 279 g/mol. The molecule has 1 aromatic rings. The zero-order valence-corrected chi connectivity index (χ0v) is 11.3. The standard InChI is InChI=1S/C14H18FN3O2/c15-12-3-4-13(18(19)20)14(9-12)17-7-5-16(6-8-17)10-11-1-2-11/h3-4,9,11H,1-2,5-8,10H2. The zero-order chi connectivity index (χ0) is 14.1. The molecule has 5 nitrogen and oxygen atoms in total. The van der Waals surface area contributed by atoms with E-state index in [1.54, 1.807) is 0 Å². The third-order valence-corrected chi connectivity index (χ3v) is 4.06. The van der Waals surface area contributed by atoms with Crippen LogP contribution < -0.4 is 4.90 Å². The topological polar surface area (TPSA) is 49.6 Å². The molecule has 0 aromatic heterocycles. The average Bonchev–Trinajstić information content (AvgIpc) is 3.23. The molecule has 1 saturated carbocycles. The van der Waals surface area contributed by atoms with E-state index in [2.05, 4.69) is 4.90 Å². The molecule has 0 spiro atoms. The van der Waals surface area contributed by atoms with E-state index in [1.165, 1.54) is 25.0 Å². The predicted molar refractivity (Wildman–Crippen MR) is 74.4 cm³/mol. The lowest BCUT2D eigenvalue weighted by molar-refractivity contribution is -0.384. The second-order valence-electron chi connectivity index (χ2n) is 5.62. The second kappa shape index (κ2) is 5.36. The van der Waals surface area contributed by atoms with Crippen molar-refractivity contribution in [3.05, 3.63) is 34.1 Å². The van der Waals surface area contributed by atoms with Crippen molar-refractivity contribution >= 4 is 11.4 Å². The summed E-state index contributed by atoms with van der Waals surface area (Å²) in [5, 5.41) is 11.0. The summed E-state index contributed by atoms with van der Waals surface area (Å²) in [6, 6.07) is 3.67. The van der Waals surface area contributed by atoms with Crippen LogP contribution in [-0.4, -0.2) is 42.5 Å². The van der Waals surface area contributed by atoms with Gasteiger partial charge in [0.25, 0.3) is 5.69 Å². The van der Waals surface area contributed by atoms with Crippen molar-refractivity contribution in [3.8, 4) is 0 Å². The molecule has 1 saturated heterocycles. The van der Waals surface area contributed by atoms with E-state index < -0.39 is 10.7 Å². The van der Waals surface area contributed by atoms with Gasteiger partial charge in [0.05, 0.1) is 4.92 Å². The second-order valence-corrected chi connectivity index (χ2v) is 5.62. The molecule has 6 heteroatoms. The smallest absolute Gasteiger partial charge is 0.292 e. The highest BCUT2D eigenvalue weighted by Crippen LogP contribution is 2.32. The lowest BCUT2D eigenvalue weighted by Gasteiger charge is -2.35. The van der Waals surface area contributed by atoms with E-state index in [4.69, 9.17) is 0 Å². The minimum atomic E-state index is -0.439. The molecule has 2 fully saturated rings. The normalized spacial score (nSPS) is 20.1. The molecule has 1 aliphatic carbocycles. The Bertz CT molecular complexity index is 511. The first-order chi connectivity index (χ1) is 9.63. The van der Waals surface area contributed by atoms with Gasteiger partial charge in [-0.1, -0.05) is 0 Å². The van der Waals surface area contributed by atoms with Crippen molar-refractivity contribution in [2.24, 2.45) is 5.92 Å². The largest absolute Gasteiger partial charge is 0.363 e. The maximum Gasteiger partial charge on any atom is 0.292 e. The summed E-state index contributed by atoms with van der Waals surface area (Å²) in [4.78, 5) is 14.9. The van der Waals surface area contributed by atoms with Gasteiger partial charge in [0.15, 0.2) is 0 Å². The molecule has 20 heavy (non-hydrogen) atoms. The minimum Gasteiger partial charge on any atom is -0.363 e. The van der Waals surface area contributed by atoms with Gasteiger partial charge in [0, 0.05) is 44.9 Å². The van der Waals surface area contributed by atoms with E-state index in [-0.39, 0.29) is 5.69 Å². The van der Waals surface area contributed by atoms with Crippen LogP contribution in [0, 0.1) is 21.8 Å². The van der Waals surface area contributed by atoms with Crippen LogP contribution in [0.4, 0.5) is 15.8 Å². The molecule has 1 heterocycles. The van der Waals surface area contributed by atoms with Crippen LogP contribution >= 0.6 is 0 Å². The van der Waals surface area contributed by atoms with Crippen molar-refractivity contribution < 1.29 is 9.31 Å². The number of nitrogens with zero attached hydrogens (tertiary/aromatic N) is 3. The van der Waals surface area contributed by atoms with E-state index in [9.17, 15) is 14.5 Å². The lowest BCUT2D eigenvalue weighted by Crippen LogP contribution is -2.47. The molecular formula is C14H18FN3O2. The highest BCUT2D eigenvalue weighted by atomic mass is 19.1. The summed E-state index contributed by atoms with van der Waals surface area (Å²) < 4.78 is 13.4. The van der Waals surface area contributed by atoms with Gasteiger partial charge in [-0.2, -0.15) is 0 Å². The van der Waals surface area contributed by atoms with Crippen molar-refractivity contribution in [2.45, 2.75) is 12.8 Å². The molecule has 0 atom stereocenters. The average molecular weight is 279 g/mol. The van der Waals surface area contributed by atoms with Crippen LogP contribution in [0.5, 0.6) is 0 Å². The van der Waals surface area contributed by atoms with Crippen LogP contribution in [0.1, 0.15) is 12.8 Å². The molecule has 0 N–H and O–H groups in total. The first kappa shape index (κ1) is 13.3. The number of benzene rings is 1. The minimum absolute atomic E-state index is 0.0120. The number of hydrogen-bond acceptors (Lipinski definition) is 4. The molecule has 0 unspecified atom stereocenters. The molecule has 0 radical (unpaired) electrons. The summed E-state index contributed by atoms with van der Waals surface area (Å²) in [5.74, 6) is 0.427. The SMILES string of the molecule is O=[N+]([O-])c1ccc(F)cc1N1CCN(CC2CC2)CC1. The van der Waals surface area contributed by atoms with Crippen molar-refractivity contribution in [2.75, 3.05) is 37.6 Å². The van der Waals surface area contributed by atoms with Crippen LogP contribution in [0.15, 0.2) is 18.2 Å². The molecule has 2 aliphatic rings. The predicted octanol–water partition coefficient (Wildman–Crippen LogP) is 2.27. The van der Waals surface area contributed by atoms with Gasteiger partial charge in [-0.25, -0.2) is 4.39 Å². The molecule has 1 aliphatic heterocycles. The Morgan fingerprint density at radius 2 is 1.95 bits per heavy atom. The molecule has 0 bridgehead atoms. The Morgan fingerprint density at radius 3 is 2.55 bits per heavy atom. The maximum absolute atomic E-state index is 13.4. The summed E-state index contributed by atoms with van der Waals surface area (Å²) >= 11 is 0. The van der Waals surface area contributed by atoms with Crippen molar-refractivity contribution in [1.29, 1.82) is 0 Å². The zero-order valence-electron chi connectivity index (χ0n) is 11.3. The van der Waals surface area contributed by atoms with Gasteiger partial charge in [0.1, 0.15) is 11.5 Å². The Hall–Kier alpha value is -1.69. The van der Waals surface area contributed by atoms with E-state index in [1.807, 2.05) is 4.90 Å². The summed E-state index contributed by atoms with van der Waals surface area (Å²) in [6.45, 7) is 4.36. The van der Waals surface area contributed by atoms with E-state index in [0.717, 1.165) is 44.7 Å². The first-order valence-corrected chi connectivity index (χ1v) is 7.05. The molecule has 3 rings (SSSR count). The molecule has 0 amide bonds. The van der Waals surface area contributed by atoms with Gasteiger partial charge >= 0.3 is 0 Å². The van der Waals surface area contributed by atoms with E-state index in [0.29, 0.717) is 5.69 Å². The van der Waals surface area contributed by atoms with Gasteiger partial charge in [-0.3, -0.25) is 15.0 Å². The van der Waals surface area contributed by atoms with Crippen LogP contribution in [0.2, 0.25) is 0 Å². The molecular weight excluding hydrogens is 261 g/mol. The van der Waals surface area contributed by atoms with Gasteiger partial charge in [-0.15, -0.1) is 0 Å². The highest BCUT2D eigenvalue weighted by Gasteiger charge is 2.28. The van der Waals surface area contributed by atoms with Crippen LogP contribution in [0.3, 0.4) is 0 Å². The fraction of sp³-hybridized carbons (Fsp3) is 0.571. The number of anilines is 1. The maximum atomic E-state index is 13.4. The van der Waals surface area contributed by atoms with Crippen LogP contribution in [-0.2, 0) is 0 Å². The van der Waals surface area contributed by atoms with Crippen molar-refractivity contribution in [1.82, 2.24) is 4.90 Å². The van der Waals surface area contributed by atoms with Gasteiger partial charge < -0.3 is 4.90 Å². The number of nitro groups is 1. The summed E-state index contributed by atoms with van der Waals surface area (Å²) in [6.07, 6.45) is 2.66. The fourth-order valence-electron chi connectivity index (χ4n) is 2.74. The quantitative estimate of drug-likeness (QED) is 0.626. The molecule has 1 aromatic carbocycles. The summed E-state index contributed by atoms with van der Waals surface area (Å²) in [5.41, 5.74) is 0.392. The van der Waals surface area contributed by atoms with E-state index >= 15 is 0 Å². The third kappa shape index (κ3) is 2.90. The van der Waals surface area contributed by atoms with Crippen molar-refractivity contribution in [3.63, 3.8) is 0 Å².